The minimum atomic E-state index is -0.275. The van der Waals surface area contributed by atoms with Crippen molar-refractivity contribution in [3.05, 3.63) is 66.4 Å². The first kappa shape index (κ1) is 13.8. The van der Waals surface area contributed by atoms with Crippen molar-refractivity contribution in [2.75, 3.05) is 5.32 Å². The van der Waals surface area contributed by atoms with Gasteiger partial charge in [0, 0.05) is 24.5 Å². The minimum absolute atomic E-state index is 0.275. The summed E-state index contributed by atoms with van der Waals surface area (Å²) in [4.78, 5) is 9.19. The van der Waals surface area contributed by atoms with Crippen molar-refractivity contribution in [3.8, 4) is 11.3 Å². The summed E-state index contributed by atoms with van der Waals surface area (Å²) in [7, 11) is 0. The highest BCUT2D eigenvalue weighted by molar-refractivity contribution is 7.20. The predicted octanol–water partition coefficient (Wildman–Crippen LogP) is 3.60. The molecule has 0 amide bonds. The molecular weight excluding hydrogens is 313 g/mol. The van der Waals surface area contributed by atoms with E-state index in [4.69, 9.17) is 0 Å². The van der Waals surface area contributed by atoms with Crippen molar-refractivity contribution < 1.29 is 4.39 Å². The number of fused-ring (bicyclic) bond motifs is 1. The van der Waals surface area contributed by atoms with E-state index in [1.807, 2.05) is 24.4 Å². The number of pyridine rings is 1. The van der Waals surface area contributed by atoms with Crippen LogP contribution in [-0.2, 0) is 6.54 Å². The third-order valence-corrected chi connectivity index (χ3v) is 4.25. The molecule has 0 fully saturated rings. The molecule has 0 radical (unpaired) electrons. The molecule has 3 heterocycles. The summed E-state index contributed by atoms with van der Waals surface area (Å²) < 4.78 is 15.1. The summed E-state index contributed by atoms with van der Waals surface area (Å²) in [6.45, 7) is 0.639. The van der Waals surface area contributed by atoms with Gasteiger partial charge in [-0.15, -0.1) is 5.10 Å². The molecule has 0 spiro atoms. The maximum atomic E-state index is 13.4. The van der Waals surface area contributed by atoms with Crippen LogP contribution in [-0.4, -0.2) is 19.6 Å². The number of rotatable bonds is 4. The lowest BCUT2D eigenvalue weighted by Crippen LogP contribution is -2.00. The van der Waals surface area contributed by atoms with E-state index in [9.17, 15) is 4.39 Å². The van der Waals surface area contributed by atoms with Crippen LogP contribution >= 0.6 is 11.3 Å². The topological polar surface area (TPSA) is 55.1 Å². The second-order valence-corrected chi connectivity index (χ2v) is 5.93. The van der Waals surface area contributed by atoms with Gasteiger partial charge < -0.3 is 5.32 Å². The van der Waals surface area contributed by atoms with E-state index in [1.165, 1.54) is 23.5 Å². The number of halogens is 1. The number of hydrogen-bond donors (Lipinski definition) is 1. The molecular formula is C16H12FN5S. The molecule has 1 N–H and O–H groups in total. The lowest BCUT2D eigenvalue weighted by atomic mass is 10.2. The normalized spacial score (nSPS) is 11.0. The van der Waals surface area contributed by atoms with Crippen LogP contribution in [0.4, 0.5) is 9.52 Å². The molecule has 0 saturated heterocycles. The van der Waals surface area contributed by atoms with Gasteiger partial charge in [-0.2, -0.15) is 0 Å². The standard InChI is InChI=1S/C16H12FN5S/c17-13-5-1-4-12(7-13)14-10-20-16-22(14)21-15(23-16)19-9-11-3-2-6-18-8-11/h1-8,10H,9H2,(H,19,21). The van der Waals surface area contributed by atoms with Crippen LogP contribution in [0.1, 0.15) is 5.56 Å². The SMILES string of the molecule is Fc1cccc(-c2cnc3sc(NCc4cccnc4)nn23)c1. The first-order chi connectivity index (χ1) is 11.3. The van der Waals surface area contributed by atoms with E-state index in [-0.39, 0.29) is 5.82 Å². The maximum absolute atomic E-state index is 13.4. The summed E-state index contributed by atoms with van der Waals surface area (Å²) in [6, 6.07) is 10.3. The Morgan fingerprint density at radius 3 is 2.96 bits per heavy atom. The van der Waals surface area contributed by atoms with Gasteiger partial charge in [0.15, 0.2) is 0 Å². The molecule has 114 valence electrons. The zero-order valence-corrected chi connectivity index (χ0v) is 12.8. The average Bonchev–Trinajstić information content (AvgIpc) is 3.14. The molecule has 23 heavy (non-hydrogen) atoms. The van der Waals surface area contributed by atoms with Crippen LogP contribution in [0.3, 0.4) is 0 Å². The van der Waals surface area contributed by atoms with Gasteiger partial charge in [-0.05, 0) is 23.8 Å². The molecule has 0 aliphatic heterocycles. The quantitative estimate of drug-likeness (QED) is 0.623. The average molecular weight is 325 g/mol. The van der Waals surface area contributed by atoms with Crippen molar-refractivity contribution in [2.24, 2.45) is 0 Å². The molecule has 3 aromatic heterocycles. The number of anilines is 1. The monoisotopic (exact) mass is 325 g/mol. The van der Waals surface area contributed by atoms with Gasteiger partial charge in [0.05, 0.1) is 11.9 Å². The van der Waals surface area contributed by atoms with Crippen molar-refractivity contribution in [1.82, 2.24) is 19.6 Å². The van der Waals surface area contributed by atoms with Gasteiger partial charge in [0.1, 0.15) is 5.82 Å². The molecule has 7 heteroatoms. The number of nitrogens with zero attached hydrogens (tertiary/aromatic N) is 4. The van der Waals surface area contributed by atoms with E-state index >= 15 is 0 Å². The number of hydrogen-bond acceptors (Lipinski definition) is 5. The Kier molecular flexibility index (Phi) is 3.47. The van der Waals surface area contributed by atoms with E-state index < -0.39 is 0 Å². The highest BCUT2D eigenvalue weighted by Gasteiger charge is 2.11. The molecule has 0 unspecified atom stereocenters. The number of nitrogens with one attached hydrogen (secondary N) is 1. The van der Waals surface area contributed by atoms with Gasteiger partial charge in [0.25, 0.3) is 0 Å². The van der Waals surface area contributed by atoms with Crippen LogP contribution in [0, 0.1) is 5.82 Å². The summed E-state index contributed by atoms with van der Waals surface area (Å²) in [5.74, 6) is -0.275. The summed E-state index contributed by atoms with van der Waals surface area (Å²) in [5, 5.41) is 8.53. The Balaban J connectivity index is 1.62. The fraction of sp³-hybridized carbons (Fsp3) is 0.0625. The molecule has 0 aliphatic carbocycles. The maximum Gasteiger partial charge on any atom is 0.214 e. The molecule has 1 aromatic carbocycles. The fourth-order valence-electron chi connectivity index (χ4n) is 2.29. The Bertz CT molecular complexity index is 947. The van der Waals surface area contributed by atoms with Crippen molar-refractivity contribution in [1.29, 1.82) is 0 Å². The Hall–Kier alpha value is -2.80. The lowest BCUT2D eigenvalue weighted by molar-refractivity contribution is 0.628. The first-order valence-corrected chi connectivity index (χ1v) is 7.84. The first-order valence-electron chi connectivity index (χ1n) is 7.03. The molecule has 5 nitrogen and oxygen atoms in total. The summed E-state index contributed by atoms with van der Waals surface area (Å²) in [5.41, 5.74) is 2.59. The van der Waals surface area contributed by atoms with Crippen LogP contribution in [0.25, 0.3) is 16.2 Å². The molecule has 4 aromatic rings. The van der Waals surface area contributed by atoms with Crippen molar-refractivity contribution in [3.63, 3.8) is 0 Å². The third kappa shape index (κ3) is 2.78. The van der Waals surface area contributed by atoms with Gasteiger partial charge in [-0.3, -0.25) is 4.98 Å². The van der Waals surface area contributed by atoms with E-state index in [0.29, 0.717) is 6.54 Å². The largest absolute Gasteiger partial charge is 0.356 e. The number of benzene rings is 1. The van der Waals surface area contributed by atoms with Crippen molar-refractivity contribution in [2.45, 2.75) is 6.54 Å². The Morgan fingerprint density at radius 1 is 1.17 bits per heavy atom. The molecule has 0 bridgehead atoms. The highest BCUT2D eigenvalue weighted by Crippen LogP contribution is 2.26. The number of imidazole rings is 1. The summed E-state index contributed by atoms with van der Waals surface area (Å²) >= 11 is 1.45. The number of aromatic nitrogens is 4. The zero-order valence-electron chi connectivity index (χ0n) is 12.0. The van der Waals surface area contributed by atoms with Crippen LogP contribution in [0.5, 0.6) is 0 Å². The zero-order chi connectivity index (χ0) is 15.6. The van der Waals surface area contributed by atoms with Gasteiger partial charge in [0.2, 0.25) is 10.1 Å². The van der Waals surface area contributed by atoms with Crippen LogP contribution in [0.2, 0.25) is 0 Å². The van der Waals surface area contributed by atoms with E-state index in [0.717, 1.165) is 26.9 Å². The second kappa shape index (κ2) is 5.77. The highest BCUT2D eigenvalue weighted by atomic mass is 32.1. The smallest absolute Gasteiger partial charge is 0.214 e. The van der Waals surface area contributed by atoms with Gasteiger partial charge in [-0.1, -0.05) is 29.5 Å². The molecule has 0 aliphatic rings. The minimum Gasteiger partial charge on any atom is -0.356 e. The third-order valence-electron chi connectivity index (χ3n) is 3.37. The predicted molar refractivity (Wildman–Crippen MR) is 87.8 cm³/mol. The second-order valence-electron chi connectivity index (χ2n) is 4.97. The Labute approximate surface area is 135 Å². The van der Waals surface area contributed by atoms with Crippen molar-refractivity contribution >= 4 is 21.4 Å². The van der Waals surface area contributed by atoms with Crippen LogP contribution in [0.15, 0.2) is 55.0 Å². The molecule has 0 saturated carbocycles. The lowest BCUT2D eigenvalue weighted by Gasteiger charge is -2.01. The molecule has 4 rings (SSSR count). The molecule has 0 atom stereocenters. The van der Waals surface area contributed by atoms with Gasteiger partial charge >= 0.3 is 0 Å². The fourth-order valence-corrected chi connectivity index (χ4v) is 3.06. The van der Waals surface area contributed by atoms with E-state index in [1.54, 1.807) is 23.0 Å². The Morgan fingerprint density at radius 2 is 2.13 bits per heavy atom. The summed E-state index contributed by atoms with van der Waals surface area (Å²) in [6.07, 6.45) is 5.26. The van der Waals surface area contributed by atoms with E-state index in [2.05, 4.69) is 20.4 Å². The van der Waals surface area contributed by atoms with Crippen LogP contribution < -0.4 is 5.32 Å². The van der Waals surface area contributed by atoms with Gasteiger partial charge in [-0.25, -0.2) is 13.9 Å².